The fraction of sp³-hybridized carbons (Fsp3) is 0.357. The van der Waals surface area contributed by atoms with E-state index in [0.717, 1.165) is 17.8 Å². The van der Waals surface area contributed by atoms with E-state index in [-0.39, 0.29) is 5.76 Å². The largest absolute Gasteiger partial charge is 0.420 e. The summed E-state index contributed by atoms with van der Waals surface area (Å²) in [5, 5.41) is 7.04. The third-order valence-corrected chi connectivity index (χ3v) is 3.05. The number of hydrogen-bond acceptors (Lipinski definition) is 4. The second kappa shape index (κ2) is 4.96. The van der Waals surface area contributed by atoms with Crippen molar-refractivity contribution in [2.45, 2.75) is 26.8 Å². The Balaban J connectivity index is 1.91. The van der Waals surface area contributed by atoms with Crippen LogP contribution < -0.4 is 5.76 Å². The van der Waals surface area contributed by atoms with Crippen LogP contribution in [0.5, 0.6) is 0 Å². The maximum atomic E-state index is 11.9. The lowest BCUT2D eigenvalue weighted by Crippen LogP contribution is -2.15. The van der Waals surface area contributed by atoms with Crippen molar-refractivity contribution in [2.24, 2.45) is 5.92 Å². The van der Waals surface area contributed by atoms with Gasteiger partial charge in [0.15, 0.2) is 11.4 Å². The lowest BCUT2D eigenvalue weighted by Gasteiger charge is -1.98. The van der Waals surface area contributed by atoms with Gasteiger partial charge in [-0.3, -0.25) is 9.67 Å². The normalized spacial score (nSPS) is 11.6. The van der Waals surface area contributed by atoms with Crippen molar-refractivity contribution in [1.82, 2.24) is 19.7 Å². The number of benzene rings is 1. The van der Waals surface area contributed by atoms with Crippen LogP contribution in [0.3, 0.4) is 0 Å². The highest BCUT2D eigenvalue weighted by atomic mass is 16.4. The van der Waals surface area contributed by atoms with Crippen LogP contribution in [0.25, 0.3) is 11.1 Å². The van der Waals surface area contributed by atoms with Crippen molar-refractivity contribution in [3.8, 4) is 0 Å². The summed E-state index contributed by atoms with van der Waals surface area (Å²) in [6.07, 6.45) is 0.817. The van der Waals surface area contributed by atoms with E-state index in [1.807, 2.05) is 18.2 Å². The molecule has 0 radical (unpaired) electrons. The van der Waals surface area contributed by atoms with Crippen LogP contribution in [-0.2, 0) is 13.0 Å². The van der Waals surface area contributed by atoms with Gasteiger partial charge >= 0.3 is 5.76 Å². The number of fused-ring (bicyclic) bond motifs is 1. The third kappa shape index (κ3) is 2.36. The number of H-pyrrole nitrogens is 1. The number of aromatic amines is 1. The Hall–Kier alpha value is -2.37. The molecule has 2 aromatic heterocycles. The Morgan fingerprint density at radius 1 is 1.35 bits per heavy atom. The summed E-state index contributed by atoms with van der Waals surface area (Å²) in [5.41, 5.74) is 1.35. The summed E-state index contributed by atoms with van der Waals surface area (Å²) in [5.74, 6) is 1.55. The van der Waals surface area contributed by atoms with Crippen molar-refractivity contribution in [3.05, 3.63) is 46.5 Å². The SMILES string of the molecule is CC(C)Cc1n[nH]c(Cn2c(=O)oc3ccccc32)n1. The first-order chi connectivity index (χ1) is 9.63. The Labute approximate surface area is 115 Å². The Morgan fingerprint density at radius 2 is 2.15 bits per heavy atom. The molecule has 1 aromatic carbocycles. The van der Waals surface area contributed by atoms with Crippen molar-refractivity contribution in [1.29, 1.82) is 0 Å². The minimum Gasteiger partial charge on any atom is -0.408 e. The van der Waals surface area contributed by atoms with Crippen LogP contribution in [0.1, 0.15) is 25.5 Å². The van der Waals surface area contributed by atoms with E-state index >= 15 is 0 Å². The van der Waals surface area contributed by atoms with E-state index in [1.165, 1.54) is 0 Å². The molecule has 3 rings (SSSR count). The Bertz CT molecular complexity index is 782. The van der Waals surface area contributed by atoms with E-state index in [1.54, 1.807) is 10.6 Å². The van der Waals surface area contributed by atoms with Crippen LogP contribution in [-0.4, -0.2) is 19.7 Å². The molecular weight excluding hydrogens is 256 g/mol. The topological polar surface area (TPSA) is 76.7 Å². The highest BCUT2D eigenvalue weighted by Gasteiger charge is 2.11. The molecule has 6 nitrogen and oxygen atoms in total. The lowest BCUT2D eigenvalue weighted by molar-refractivity contribution is 0.514. The predicted octanol–water partition coefficient (Wildman–Crippen LogP) is 1.96. The quantitative estimate of drug-likeness (QED) is 0.787. The van der Waals surface area contributed by atoms with Gasteiger partial charge in [0.25, 0.3) is 0 Å². The summed E-state index contributed by atoms with van der Waals surface area (Å²) in [6, 6.07) is 7.34. The zero-order valence-corrected chi connectivity index (χ0v) is 11.5. The molecule has 0 saturated carbocycles. The second-order valence-corrected chi connectivity index (χ2v) is 5.22. The molecule has 20 heavy (non-hydrogen) atoms. The van der Waals surface area contributed by atoms with Gasteiger partial charge in [0, 0.05) is 6.42 Å². The molecule has 0 amide bonds. The van der Waals surface area contributed by atoms with E-state index in [0.29, 0.717) is 23.9 Å². The molecule has 0 bridgehead atoms. The summed E-state index contributed by atoms with van der Waals surface area (Å²) in [4.78, 5) is 16.3. The molecule has 1 N–H and O–H groups in total. The molecule has 0 fully saturated rings. The molecule has 3 aromatic rings. The highest BCUT2D eigenvalue weighted by molar-refractivity contribution is 5.72. The highest BCUT2D eigenvalue weighted by Crippen LogP contribution is 2.12. The number of para-hydroxylation sites is 2. The number of rotatable bonds is 4. The maximum absolute atomic E-state index is 11.9. The molecule has 0 atom stereocenters. The molecule has 0 aliphatic carbocycles. The number of nitrogens with one attached hydrogen (secondary N) is 1. The van der Waals surface area contributed by atoms with Gasteiger partial charge in [-0.05, 0) is 18.1 Å². The predicted molar refractivity (Wildman–Crippen MR) is 74.5 cm³/mol. The minimum atomic E-state index is -0.381. The van der Waals surface area contributed by atoms with E-state index in [2.05, 4.69) is 29.0 Å². The molecule has 0 aliphatic rings. The average Bonchev–Trinajstić information content (AvgIpc) is 2.95. The average molecular weight is 272 g/mol. The van der Waals surface area contributed by atoms with Gasteiger partial charge in [-0.25, -0.2) is 9.78 Å². The first-order valence-corrected chi connectivity index (χ1v) is 6.62. The van der Waals surface area contributed by atoms with Gasteiger partial charge in [0.2, 0.25) is 0 Å². The molecular formula is C14H16N4O2. The summed E-state index contributed by atoms with van der Waals surface area (Å²) < 4.78 is 6.74. The molecule has 6 heteroatoms. The molecule has 0 saturated heterocycles. The fourth-order valence-electron chi connectivity index (χ4n) is 2.18. The van der Waals surface area contributed by atoms with E-state index in [9.17, 15) is 4.79 Å². The number of nitrogens with zero attached hydrogens (tertiary/aromatic N) is 3. The van der Waals surface area contributed by atoms with Crippen LogP contribution in [0.15, 0.2) is 33.5 Å². The van der Waals surface area contributed by atoms with Crippen LogP contribution >= 0.6 is 0 Å². The van der Waals surface area contributed by atoms with Crippen molar-refractivity contribution < 1.29 is 4.42 Å². The monoisotopic (exact) mass is 272 g/mol. The zero-order valence-electron chi connectivity index (χ0n) is 11.5. The van der Waals surface area contributed by atoms with Gasteiger partial charge in [-0.15, -0.1) is 0 Å². The second-order valence-electron chi connectivity index (χ2n) is 5.22. The standard InChI is InChI=1S/C14H16N4O2/c1-9(2)7-12-15-13(17-16-12)8-18-10-5-3-4-6-11(10)20-14(18)19/h3-6,9H,7-8H2,1-2H3,(H,15,16,17). The summed E-state index contributed by atoms with van der Waals surface area (Å²) in [7, 11) is 0. The number of aromatic nitrogens is 4. The number of hydrogen-bond donors (Lipinski definition) is 1. The molecule has 104 valence electrons. The summed E-state index contributed by atoms with van der Waals surface area (Å²) >= 11 is 0. The third-order valence-electron chi connectivity index (χ3n) is 3.05. The zero-order chi connectivity index (χ0) is 14.1. The molecule has 0 spiro atoms. The van der Waals surface area contributed by atoms with Crippen LogP contribution in [0.4, 0.5) is 0 Å². The first kappa shape index (κ1) is 12.7. The molecule has 2 heterocycles. The Morgan fingerprint density at radius 3 is 2.95 bits per heavy atom. The van der Waals surface area contributed by atoms with Crippen LogP contribution in [0, 0.1) is 5.92 Å². The van der Waals surface area contributed by atoms with Gasteiger partial charge in [0.1, 0.15) is 5.82 Å². The van der Waals surface area contributed by atoms with Crippen molar-refractivity contribution in [2.75, 3.05) is 0 Å². The van der Waals surface area contributed by atoms with Crippen molar-refractivity contribution in [3.63, 3.8) is 0 Å². The molecule has 0 unspecified atom stereocenters. The fourth-order valence-corrected chi connectivity index (χ4v) is 2.18. The summed E-state index contributed by atoms with van der Waals surface area (Å²) in [6.45, 7) is 4.56. The number of oxazole rings is 1. The first-order valence-electron chi connectivity index (χ1n) is 6.62. The van der Waals surface area contributed by atoms with Crippen molar-refractivity contribution >= 4 is 11.1 Å². The van der Waals surface area contributed by atoms with E-state index in [4.69, 9.17) is 4.42 Å². The molecule has 0 aliphatic heterocycles. The van der Waals surface area contributed by atoms with Gasteiger partial charge in [-0.2, -0.15) is 5.10 Å². The van der Waals surface area contributed by atoms with Gasteiger partial charge in [-0.1, -0.05) is 26.0 Å². The lowest BCUT2D eigenvalue weighted by atomic mass is 10.1. The van der Waals surface area contributed by atoms with Gasteiger partial charge in [0.05, 0.1) is 12.1 Å². The van der Waals surface area contributed by atoms with Gasteiger partial charge < -0.3 is 4.42 Å². The smallest absolute Gasteiger partial charge is 0.408 e. The maximum Gasteiger partial charge on any atom is 0.420 e. The van der Waals surface area contributed by atoms with Crippen LogP contribution in [0.2, 0.25) is 0 Å². The van der Waals surface area contributed by atoms with E-state index < -0.39 is 0 Å². The minimum absolute atomic E-state index is 0.334. The Kier molecular flexibility index (Phi) is 3.14.